The Bertz CT molecular complexity index is 3810. The summed E-state index contributed by atoms with van der Waals surface area (Å²) in [7, 11) is 0. The number of rotatable bonds is 6. The zero-order valence-electron chi connectivity index (χ0n) is 33.5. The monoisotopic (exact) mass is 808 g/mol. The van der Waals surface area contributed by atoms with Crippen molar-refractivity contribution in [1.29, 1.82) is 0 Å². The Morgan fingerprint density at radius 3 is 1.79 bits per heavy atom. The predicted octanol–water partition coefficient (Wildman–Crippen LogP) is 17.0. The quantitative estimate of drug-likeness (QED) is 0.167. The lowest BCUT2D eigenvalue weighted by atomic mass is 9.97. The Hall–Kier alpha value is -7.92. The number of furan rings is 1. The molecule has 0 aliphatic rings. The van der Waals surface area contributed by atoms with Gasteiger partial charge in [0.15, 0.2) is 0 Å². The fourth-order valence-corrected chi connectivity index (χ4v) is 10.8. The van der Waals surface area contributed by atoms with Crippen molar-refractivity contribution in [1.82, 2.24) is 4.57 Å². The molecule has 10 aromatic carbocycles. The van der Waals surface area contributed by atoms with Crippen LogP contribution < -0.4 is 4.90 Å². The molecular weight excluding hydrogens is 773 g/mol. The number of para-hydroxylation sites is 3. The van der Waals surface area contributed by atoms with Gasteiger partial charge in [0.1, 0.15) is 11.2 Å². The van der Waals surface area contributed by atoms with Crippen molar-refractivity contribution in [2.45, 2.75) is 0 Å². The van der Waals surface area contributed by atoms with Crippen molar-refractivity contribution >= 4 is 103 Å². The highest BCUT2D eigenvalue weighted by molar-refractivity contribution is 7.25. The van der Waals surface area contributed by atoms with Crippen LogP contribution in [0.2, 0.25) is 0 Å². The molecule has 0 saturated heterocycles. The first-order chi connectivity index (χ1) is 30.7. The van der Waals surface area contributed by atoms with E-state index in [-0.39, 0.29) is 0 Å². The molecule has 0 atom stereocenters. The van der Waals surface area contributed by atoms with Crippen LogP contribution in [0, 0.1) is 0 Å². The summed E-state index contributed by atoms with van der Waals surface area (Å²) in [5, 5.41) is 9.67. The first-order valence-electron chi connectivity index (χ1n) is 21.1. The summed E-state index contributed by atoms with van der Waals surface area (Å²) in [6.07, 6.45) is 0. The molecule has 3 aromatic heterocycles. The van der Waals surface area contributed by atoms with E-state index in [1.54, 1.807) is 0 Å². The van der Waals surface area contributed by atoms with Crippen molar-refractivity contribution in [3.63, 3.8) is 0 Å². The molecule has 3 nitrogen and oxygen atoms in total. The number of benzene rings is 10. The second-order valence-corrected chi connectivity index (χ2v) is 17.1. The zero-order chi connectivity index (χ0) is 40.7. The molecule has 290 valence electrons. The lowest BCUT2D eigenvalue weighted by molar-refractivity contribution is 0.670. The van der Waals surface area contributed by atoms with Gasteiger partial charge in [-0.15, -0.1) is 11.3 Å². The average molecular weight is 809 g/mol. The molecule has 13 aromatic rings. The van der Waals surface area contributed by atoms with Gasteiger partial charge in [0, 0.05) is 64.0 Å². The topological polar surface area (TPSA) is 21.3 Å². The van der Waals surface area contributed by atoms with E-state index in [0.29, 0.717) is 0 Å². The molecular formula is C58H36N2OS. The van der Waals surface area contributed by atoms with Crippen molar-refractivity contribution < 1.29 is 4.42 Å². The number of aromatic nitrogens is 1. The molecule has 0 unspecified atom stereocenters. The Labute approximate surface area is 361 Å². The van der Waals surface area contributed by atoms with Crippen molar-refractivity contribution in [2.24, 2.45) is 0 Å². The van der Waals surface area contributed by atoms with Crippen LogP contribution in [0.4, 0.5) is 17.1 Å². The molecule has 0 saturated carbocycles. The first kappa shape index (κ1) is 34.9. The van der Waals surface area contributed by atoms with Crippen LogP contribution in [0.1, 0.15) is 0 Å². The standard InChI is InChI=1S/C58H36N2OS/c1-2-14-43-38(12-1)13-11-21-50(43)60(42-29-24-37(25-30-42)40-28-35-56-49(36-40)47-18-6-10-23-55(47)62-56)53-34-33-48-46-17-5-9-22-54(46)61-58(48)57(53)39-26-31-41(32-27-39)59-51-19-7-3-15-44(51)45-16-4-8-20-52(45)59/h1-36H. The van der Waals surface area contributed by atoms with Gasteiger partial charge in [-0.1, -0.05) is 140 Å². The maximum Gasteiger partial charge on any atom is 0.145 e. The van der Waals surface area contributed by atoms with Crippen LogP contribution in [-0.2, 0) is 0 Å². The van der Waals surface area contributed by atoms with Gasteiger partial charge in [0.2, 0.25) is 0 Å². The van der Waals surface area contributed by atoms with E-state index >= 15 is 0 Å². The fourth-order valence-electron chi connectivity index (χ4n) is 9.74. The predicted molar refractivity (Wildman–Crippen MR) is 264 cm³/mol. The van der Waals surface area contributed by atoms with E-state index in [0.717, 1.165) is 55.8 Å². The van der Waals surface area contributed by atoms with Gasteiger partial charge >= 0.3 is 0 Å². The summed E-state index contributed by atoms with van der Waals surface area (Å²) in [6.45, 7) is 0. The highest BCUT2D eigenvalue weighted by Gasteiger charge is 2.24. The molecule has 0 aliphatic heterocycles. The highest BCUT2D eigenvalue weighted by Crippen LogP contribution is 2.48. The molecule has 4 heteroatoms. The molecule has 13 rings (SSSR count). The minimum absolute atomic E-state index is 0.867. The Morgan fingerprint density at radius 2 is 1.00 bits per heavy atom. The third-order valence-electron chi connectivity index (χ3n) is 12.6. The third-order valence-corrected chi connectivity index (χ3v) is 13.8. The van der Waals surface area contributed by atoms with E-state index in [2.05, 4.69) is 222 Å². The van der Waals surface area contributed by atoms with E-state index < -0.39 is 0 Å². The minimum Gasteiger partial charge on any atom is -0.455 e. The van der Waals surface area contributed by atoms with Gasteiger partial charge < -0.3 is 13.9 Å². The molecule has 0 amide bonds. The van der Waals surface area contributed by atoms with Crippen LogP contribution in [0.15, 0.2) is 223 Å². The molecule has 3 heterocycles. The Morgan fingerprint density at radius 1 is 0.387 bits per heavy atom. The van der Waals surface area contributed by atoms with Crippen LogP contribution >= 0.6 is 11.3 Å². The second-order valence-electron chi connectivity index (χ2n) is 16.0. The van der Waals surface area contributed by atoms with Gasteiger partial charge in [0.25, 0.3) is 0 Å². The number of nitrogens with zero attached hydrogens (tertiary/aromatic N) is 2. The van der Waals surface area contributed by atoms with Crippen molar-refractivity contribution in [3.05, 3.63) is 218 Å². The number of anilines is 3. The van der Waals surface area contributed by atoms with Gasteiger partial charge in [0.05, 0.1) is 22.4 Å². The number of thiophene rings is 1. The van der Waals surface area contributed by atoms with Gasteiger partial charge in [-0.2, -0.15) is 0 Å². The summed E-state index contributed by atoms with van der Waals surface area (Å²) in [6, 6.07) is 79.2. The summed E-state index contributed by atoms with van der Waals surface area (Å²) in [5.41, 5.74) is 12.9. The third kappa shape index (κ3) is 5.37. The second kappa shape index (κ2) is 13.8. The maximum absolute atomic E-state index is 6.91. The van der Waals surface area contributed by atoms with Gasteiger partial charge in [-0.3, -0.25) is 0 Å². The largest absolute Gasteiger partial charge is 0.455 e. The normalized spacial score (nSPS) is 11.9. The molecule has 0 aliphatic carbocycles. The number of hydrogen-bond donors (Lipinski definition) is 0. The summed E-state index contributed by atoms with van der Waals surface area (Å²) >= 11 is 1.85. The lowest BCUT2D eigenvalue weighted by Crippen LogP contribution is -2.12. The average Bonchev–Trinajstić information content (AvgIpc) is 4.01. The van der Waals surface area contributed by atoms with Crippen LogP contribution in [0.3, 0.4) is 0 Å². The van der Waals surface area contributed by atoms with Gasteiger partial charge in [-0.05, 0) is 101 Å². The lowest BCUT2D eigenvalue weighted by Gasteiger charge is -2.29. The number of hydrogen-bond acceptors (Lipinski definition) is 3. The van der Waals surface area contributed by atoms with Gasteiger partial charge in [-0.25, -0.2) is 0 Å². The van der Waals surface area contributed by atoms with Crippen LogP contribution in [0.5, 0.6) is 0 Å². The van der Waals surface area contributed by atoms with Crippen molar-refractivity contribution in [2.75, 3.05) is 4.90 Å². The van der Waals surface area contributed by atoms with Crippen molar-refractivity contribution in [3.8, 4) is 27.9 Å². The summed E-state index contributed by atoms with van der Waals surface area (Å²) < 4.78 is 11.9. The van der Waals surface area contributed by atoms with E-state index in [4.69, 9.17) is 4.42 Å². The minimum atomic E-state index is 0.867. The molecule has 0 spiro atoms. The fraction of sp³-hybridized carbons (Fsp3) is 0. The Kier molecular flexibility index (Phi) is 7.78. The molecule has 0 N–H and O–H groups in total. The van der Waals surface area contributed by atoms with Crippen LogP contribution in [-0.4, -0.2) is 4.57 Å². The first-order valence-corrected chi connectivity index (χ1v) is 21.9. The van der Waals surface area contributed by atoms with E-state index in [1.807, 2.05) is 17.4 Å². The molecule has 0 fully saturated rings. The highest BCUT2D eigenvalue weighted by atomic mass is 32.1. The number of fused-ring (bicyclic) bond motifs is 10. The molecule has 0 radical (unpaired) electrons. The summed E-state index contributed by atoms with van der Waals surface area (Å²) in [4.78, 5) is 2.42. The molecule has 0 bridgehead atoms. The SMILES string of the molecule is c1ccc2c(N(c3ccc(-c4ccc5sc6ccccc6c5c4)cc3)c3ccc4c(oc5ccccc54)c3-c3ccc(-n4c5ccccc5c5ccccc54)cc3)cccc2c1. The summed E-state index contributed by atoms with van der Waals surface area (Å²) in [5.74, 6) is 0. The Balaban J connectivity index is 1.02. The molecule has 62 heavy (non-hydrogen) atoms. The maximum atomic E-state index is 6.91. The van der Waals surface area contributed by atoms with Crippen LogP contribution in [0.25, 0.3) is 103 Å². The van der Waals surface area contributed by atoms with E-state index in [1.165, 1.54) is 63.9 Å². The van der Waals surface area contributed by atoms with E-state index in [9.17, 15) is 0 Å². The smallest absolute Gasteiger partial charge is 0.145 e. The zero-order valence-corrected chi connectivity index (χ0v) is 34.3.